The Kier molecular flexibility index (Phi) is 4.26. The molecule has 0 aromatic heterocycles. The van der Waals surface area contributed by atoms with E-state index in [0.29, 0.717) is 0 Å². The number of piperazine rings is 1. The van der Waals surface area contributed by atoms with Crippen LogP contribution in [0.5, 0.6) is 0 Å². The number of hydrogen-bond acceptors (Lipinski definition) is 2. The maximum Gasteiger partial charge on any atom is 0.0218 e. The highest BCUT2D eigenvalue weighted by molar-refractivity contribution is 4.89. The minimum atomic E-state index is 0.738. The van der Waals surface area contributed by atoms with Crippen molar-refractivity contribution in [3.63, 3.8) is 0 Å². The van der Waals surface area contributed by atoms with Gasteiger partial charge in [0, 0.05) is 31.7 Å². The van der Waals surface area contributed by atoms with Gasteiger partial charge in [-0.1, -0.05) is 20.8 Å². The summed E-state index contributed by atoms with van der Waals surface area (Å²) in [6.07, 6.45) is 5.59. The van der Waals surface area contributed by atoms with Crippen molar-refractivity contribution in [2.75, 3.05) is 19.6 Å². The summed E-state index contributed by atoms with van der Waals surface area (Å²) in [6.45, 7) is 10.9. The normalized spacial score (nSPS) is 32.2. The monoisotopic (exact) mass is 224 g/mol. The predicted molar refractivity (Wildman–Crippen MR) is 69.6 cm³/mol. The maximum atomic E-state index is 3.73. The molecule has 2 rings (SSSR count). The molecule has 2 aliphatic rings. The van der Waals surface area contributed by atoms with Crippen molar-refractivity contribution in [1.82, 2.24) is 10.2 Å². The Hall–Kier alpha value is -0.0800. The minimum absolute atomic E-state index is 0.738. The van der Waals surface area contributed by atoms with Gasteiger partial charge in [-0.2, -0.15) is 0 Å². The molecule has 2 unspecified atom stereocenters. The van der Waals surface area contributed by atoms with Gasteiger partial charge in [-0.3, -0.25) is 4.90 Å². The molecule has 1 saturated carbocycles. The molecule has 0 aromatic carbocycles. The van der Waals surface area contributed by atoms with Crippen LogP contribution in [0.4, 0.5) is 0 Å². The molecular weight excluding hydrogens is 196 g/mol. The van der Waals surface area contributed by atoms with E-state index < -0.39 is 0 Å². The molecular formula is C14H28N2. The first-order valence-corrected chi connectivity index (χ1v) is 7.16. The summed E-state index contributed by atoms with van der Waals surface area (Å²) >= 11 is 0. The molecule has 0 bridgehead atoms. The first-order valence-electron chi connectivity index (χ1n) is 7.16. The average Bonchev–Trinajstić information content (AvgIpc) is 3.01. The molecule has 94 valence electrons. The summed E-state index contributed by atoms with van der Waals surface area (Å²) in [5.41, 5.74) is 0. The Morgan fingerprint density at radius 3 is 2.62 bits per heavy atom. The highest BCUT2D eigenvalue weighted by atomic mass is 15.2. The van der Waals surface area contributed by atoms with Gasteiger partial charge in [0.2, 0.25) is 0 Å². The maximum absolute atomic E-state index is 3.73. The van der Waals surface area contributed by atoms with Crippen LogP contribution in [0.1, 0.15) is 46.5 Å². The van der Waals surface area contributed by atoms with Crippen molar-refractivity contribution >= 4 is 0 Å². The van der Waals surface area contributed by atoms with E-state index in [1.165, 1.54) is 45.3 Å². The van der Waals surface area contributed by atoms with Crippen molar-refractivity contribution in [3.05, 3.63) is 0 Å². The summed E-state index contributed by atoms with van der Waals surface area (Å²) in [4.78, 5) is 2.77. The van der Waals surface area contributed by atoms with E-state index in [1.807, 2.05) is 0 Å². The van der Waals surface area contributed by atoms with Crippen molar-refractivity contribution in [2.24, 2.45) is 11.8 Å². The van der Waals surface area contributed by atoms with Crippen molar-refractivity contribution < 1.29 is 0 Å². The van der Waals surface area contributed by atoms with Crippen LogP contribution in [0.3, 0.4) is 0 Å². The molecule has 0 spiro atoms. The van der Waals surface area contributed by atoms with Crippen molar-refractivity contribution in [3.8, 4) is 0 Å². The number of nitrogens with zero attached hydrogens (tertiary/aromatic N) is 1. The summed E-state index contributed by atoms with van der Waals surface area (Å²) in [6, 6.07) is 1.53. The van der Waals surface area contributed by atoms with E-state index >= 15 is 0 Å². The Labute approximate surface area is 101 Å². The van der Waals surface area contributed by atoms with Crippen LogP contribution in [0.2, 0.25) is 0 Å². The molecule has 2 atom stereocenters. The molecule has 0 aromatic rings. The zero-order valence-electron chi connectivity index (χ0n) is 11.2. The fraction of sp³-hybridized carbons (Fsp3) is 1.00. The second-order valence-corrected chi connectivity index (χ2v) is 6.19. The molecule has 1 saturated heterocycles. The van der Waals surface area contributed by atoms with Crippen LogP contribution < -0.4 is 5.32 Å². The quantitative estimate of drug-likeness (QED) is 0.772. The molecule has 1 N–H and O–H groups in total. The molecule has 2 fully saturated rings. The van der Waals surface area contributed by atoms with E-state index in [9.17, 15) is 0 Å². The lowest BCUT2D eigenvalue weighted by Gasteiger charge is -2.41. The number of hydrogen-bond donors (Lipinski definition) is 1. The number of nitrogens with one attached hydrogen (secondary N) is 1. The average molecular weight is 224 g/mol. The molecule has 1 aliphatic carbocycles. The Morgan fingerprint density at radius 1 is 1.31 bits per heavy atom. The van der Waals surface area contributed by atoms with Gasteiger partial charge in [-0.25, -0.2) is 0 Å². The summed E-state index contributed by atoms with van der Waals surface area (Å²) in [7, 11) is 0. The third-order valence-corrected chi connectivity index (χ3v) is 4.03. The highest BCUT2D eigenvalue weighted by Crippen LogP contribution is 2.31. The van der Waals surface area contributed by atoms with Crippen molar-refractivity contribution in [2.45, 2.75) is 58.5 Å². The zero-order valence-corrected chi connectivity index (χ0v) is 11.2. The van der Waals surface area contributed by atoms with Gasteiger partial charge in [-0.15, -0.1) is 0 Å². The van der Waals surface area contributed by atoms with Gasteiger partial charge in [0.05, 0.1) is 0 Å². The van der Waals surface area contributed by atoms with Gasteiger partial charge in [-0.05, 0) is 37.5 Å². The molecule has 0 radical (unpaired) electrons. The van der Waals surface area contributed by atoms with Gasteiger partial charge < -0.3 is 5.32 Å². The number of rotatable bonds is 5. The van der Waals surface area contributed by atoms with Gasteiger partial charge in [0.25, 0.3) is 0 Å². The molecule has 1 aliphatic heterocycles. The van der Waals surface area contributed by atoms with Crippen LogP contribution in [0.15, 0.2) is 0 Å². The van der Waals surface area contributed by atoms with Crippen molar-refractivity contribution in [1.29, 1.82) is 0 Å². The lowest BCUT2D eigenvalue weighted by Crippen LogP contribution is -2.56. The Balaban J connectivity index is 1.83. The summed E-state index contributed by atoms with van der Waals surface area (Å²) in [5, 5.41) is 3.73. The fourth-order valence-corrected chi connectivity index (χ4v) is 2.91. The second kappa shape index (κ2) is 5.50. The van der Waals surface area contributed by atoms with E-state index in [2.05, 4.69) is 31.0 Å². The summed E-state index contributed by atoms with van der Waals surface area (Å²) in [5.74, 6) is 1.85. The zero-order chi connectivity index (χ0) is 11.5. The van der Waals surface area contributed by atoms with E-state index in [-0.39, 0.29) is 0 Å². The topological polar surface area (TPSA) is 15.3 Å². The summed E-state index contributed by atoms with van der Waals surface area (Å²) < 4.78 is 0. The third kappa shape index (κ3) is 3.46. The molecule has 16 heavy (non-hydrogen) atoms. The van der Waals surface area contributed by atoms with E-state index in [0.717, 1.165) is 23.9 Å². The van der Waals surface area contributed by atoms with Gasteiger partial charge >= 0.3 is 0 Å². The predicted octanol–water partition coefficient (Wildman–Crippen LogP) is 2.49. The molecule has 2 heteroatoms. The van der Waals surface area contributed by atoms with Crippen LogP contribution in [0, 0.1) is 11.8 Å². The fourth-order valence-electron chi connectivity index (χ4n) is 2.91. The smallest absolute Gasteiger partial charge is 0.0218 e. The molecule has 0 amide bonds. The third-order valence-electron chi connectivity index (χ3n) is 4.03. The van der Waals surface area contributed by atoms with Crippen LogP contribution in [0.25, 0.3) is 0 Å². The largest absolute Gasteiger partial charge is 0.311 e. The molecule has 1 heterocycles. The SMILES string of the molecule is CCC1CNC(CC(C)C)CN1CC1CC1. The Bertz CT molecular complexity index is 211. The van der Waals surface area contributed by atoms with E-state index in [1.54, 1.807) is 0 Å². The second-order valence-electron chi connectivity index (χ2n) is 6.19. The van der Waals surface area contributed by atoms with Crippen LogP contribution in [-0.4, -0.2) is 36.6 Å². The highest BCUT2D eigenvalue weighted by Gasteiger charge is 2.31. The van der Waals surface area contributed by atoms with E-state index in [4.69, 9.17) is 0 Å². The molecule has 2 nitrogen and oxygen atoms in total. The first kappa shape index (κ1) is 12.4. The lowest BCUT2D eigenvalue weighted by atomic mass is 9.98. The lowest BCUT2D eigenvalue weighted by molar-refractivity contribution is 0.113. The van der Waals surface area contributed by atoms with Gasteiger partial charge in [0.1, 0.15) is 0 Å². The van der Waals surface area contributed by atoms with Crippen LogP contribution in [-0.2, 0) is 0 Å². The first-order chi connectivity index (χ1) is 7.69. The van der Waals surface area contributed by atoms with Crippen LogP contribution >= 0.6 is 0 Å². The Morgan fingerprint density at radius 2 is 2.06 bits per heavy atom. The standard InChI is InChI=1S/C14H28N2/c1-4-14-8-15-13(7-11(2)3)10-16(14)9-12-5-6-12/h11-15H,4-10H2,1-3H3. The van der Waals surface area contributed by atoms with Gasteiger partial charge in [0.15, 0.2) is 0 Å². The minimum Gasteiger partial charge on any atom is -0.311 e.